The van der Waals surface area contributed by atoms with Gasteiger partial charge >= 0.3 is 6.03 Å². The van der Waals surface area contributed by atoms with E-state index in [0.29, 0.717) is 25.3 Å². The molecule has 0 radical (unpaired) electrons. The molecule has 3 rings (SSSR count). The lowest BCUT2D eigenvalue weighted by atomic mass is 10.1. The number of nitrogens with one attached hydrogen (secondary N) is 4. The Labute approximate surface area is 152 Å². The maximum absolute atomic E-state index is 12.1. The van der Waals surface area contributed by atoms with E-state index in [1.165, 1.54) is 0 Å². The summed E-state index contributed by atoms with van der Waals surface area (Å²) in [7, 11) is 0. The van der Waals surface area contributed by atoms with E-state index in [1.54, 1.807) is 11.0 Å². The van der Waals surface area contributed by atoms with Gasteiger partial charge < -0.3 is 21.3 Å². The van der Waals surface area contributed by atoms with Gasteiger partial charge in [0.1, 0.15) is 0 Å². The van der Waals surface area contributed by atoms with Crippen LogP contribution in [0, 0.1) is 6.92 Å². The summed E-state index contributed by atoms with van der Waals surface area (Å²) in [5, 5.41) is 11.5. The molecule has 4 N–H and O–H groups in total. The van der Waals surface area contributed by atoms with Crippen molar-refractivity contribution in [1.82, 2.24) is 16.0 Å². The Kier molecular flexibility index (Phi) is 5.72. The summed E-state index contributed by atoms with van der Waals surface area (Å²) in [6.45, 7) is 4.32. The van der Waals surface area contributed by atoms with Crippen LogP contribution in [-0.2, 0) is 9.59 Å². The summed E-state index contributed by atoms with van der Waals surface area (Å²) >= 11 is 0. The minimum absolute atomic E-state index is 0.0482. The van der Waals surface area contributed by atoms with Gasteiger partial charge in [0.25, 0.3) is 0 Å². The molecular formula is C18H25N5O3. The topological polar surface area (TPSA) is 103 Å². The molecule has 1 atom stereocenters. The number of aryl methyl sites for hydroxylation is 1. The molecule has 0 spiro atoms. The SMILES string of the molecule is Cc1ccc(NC(=O)CCNC(=O)C2CCCN2)cc1N1CCNC1=O. The van der Waals surface area contributed by atoms with Crippen LogP contribution < -0.4 is 26.2 Å². The summed E-state index contributed by atoms with van der Waals surface area (Å²) < 4.78 is 0. The van der Waals surface area contributed by atoms with Gasteiger partial charge in [0.2, 0.25) is 11.8 Å². The van der Waals surface area contributed by atoms with Crippen LogP contribution in [0.4, 0.5) is 16.2 Å². The van der Waals surface area contributed by atoms with Gasteiger partial charge in [-0.15, -0.1) is 0 Å². The number of urea groups is 1. The molecule has 2 aliphatic heterocycles. The van der Waals surface area contributed by atoms with Gasteiger partial charge in [-0.05, 0) is 44.0 Å². The number of benzene rings is 1. The summed E-state index contributed by atoms with van der Waals surface area (Å²) in [4.78, 5) is 37.5. The average Bonchev–Trinajstić information content (AvgIpc) is 3.28. The normalized spacial score (nSPS) is 19.3. The fraction of sp³-hybridized carbons (Fsp3) is 0.500. The highest BCUT2D eigenvalue weighted by atomic mass is 16.2. The predicted octanol–water partition coefficient (Wildman–Crippen LogP) is 0.721. The highest BCUT2D eigenvalue weighted by Gasteiger charge is 2.23. The van der Waals surface area contributed by atoms with Gasteiger partial charge in [-0.3, -0.25) is 14.5 Å². The van der Waals surface area contributed by atoms with E-state index in [1.807, 2.05) is 19.1 Å². The third kappa shape index (κ3) is 4.32. The van der Waals surface area contributed by atoms with Crippen LogP contribution in [0.15, 0.2) is 18.2 Å². The highest BCUT2D eigenvalue weighted by molar-refractivity contribution is 5.97. The molecule has 0 bridgehead atoms. The van der Waals surface area contributed by atoms with E-state index in [2.05, 4.69) is 21.3 Å². The van der Waals surface area contributed by atoms with E-state index in [0.717, 1.165) is 30.6 Å². The minimum atomic E-state index is -0.176. The molecule has 140 valence electrons. The zero-order valence-electron chi connectivity index (χ0n) is 14.9. The number of rotatable bonds is 6. The van der Waals surface area contributed by atoms with Crippen LogP contribution >= 0.6 is 0 Å². The third-order valence-electron chi connectivity index (χ3n) is 4.67. The molecule has 8 heteroatoms. The lowest BCUT2D eigenvalue weighted by Crippen LogP contribution is -2.41. The molecule has 1 aromatic rings. The highest BCUT2D eigenvalue weighted by Crippen LogP contribution is 2.25. The largest absolute Gasteiger partial charge is 0.354 e. The van der Waals surface area contributed by atoms with Crippen molar-refractivity contribution in [1.29, 1.82) is 0 Å². The van der Waals surface area contributed by atoms with Crippen molar-refractivity contribution < 1.29 is 14.4 Å². The number of nitrogens with zero attached hydrogens (tertiary/aromatic N) is 1. The molecule has 1 aromatic carbocycles. The van der Waals surface area contributed by atoms with E-state index < -0.39 is 0 Å². The van der Waals surface area contributed by atoms with Crippen LogP contribution in [0.1, 0.15) is 24.8 Å². The molecule has 2 aliphatic rings. The summed E-state index contributed by atoms with van der Waals surface area (Å²) in [5.41, 5.74) is 2.40. The van der Waals surface area contributed by atoms with E-state index in [9.17, 15) is 14.4 Å². The average molecular weight is 359 g/mol. The lowest BCUT2D eigenvalue weighted by molar-refractivity contribution is -0.122. The summed E-state index contributed by atoms with van der Waals surface area (Å²) in [6, 6.07) is 5.23. The quantitative estimate of drug-likeness (QED) is 0.601. The van der Waals surface area contributed by atoms with Gasteiger partial charge in [-0.25, -0.2) is 4.79 Å². The van der Waals surface area contributed by atoms with Gasteiger partial charge in [0.05, 0.1) is 11.7 Å². The molecule has 26 heavy (non-hydrogen) atoms. The van der Waals surface area contributed by atoms with E-state index >= 15 is 0 Å². The van der Waals surface area contributed by atoms with E-state index in [-0.39, 0.29) is 30.3 Å². The first-order valence-electron chi connectivity index (χ1n) is 9.01. The van der Waals surface area contributed by atoms with Gasteiger partial charge in [0, 0.05) is 31.7 Å². The van der Waals surface area contributed by atoms with Crippen molar-refractivity contribution in [2.45, 2.75) is 32.2 Å². The lowest BCUT2D eigenvalue weighted by Gasteiger charge is -2.18. The molecule has 0 aromatic heterocycles. The fourth-order valence-electron chi connectivity index (χ4n) is 3.23. The van der Waals surface area contributed by atoms with Gasteiger partial charge in [-0.2, -0.15) is 0 Å². The molecular weight excluding hydrogens is 334 g/mol. The van der Waals surface area contributed by atoms with Crippen LogP contribution in [-0.4, -0.2) is 50.1 Å². The monoisotopic (exact) mass is 359 g/mol. The van der Waals surface area contributed by atoms with Crippen molar-refractivity contribution in [2.24, 2.45) is 0 Å². The molecule has 2 saturated heterocycles. The van der Waals surface area contributed by atoms with Crippen molar-refractivity contribution in [3.05, 3.63) is 23.8 Å². The number of anilines is 2. The zero-order chi connectivity index (χ0) is 18.5. The molecule has 2 heterocycles. The Morgan fingerprint density at radius 2 is 2.15 bits per heavy atom. The predicted molar refractivity (Wildman–Crippen MR) is 99.2 cm³/mol. The molecule has 2 fully saturated rings. The Hall–Kier alpha value is -2.61. The fourth-order valence-corrected chi connectivity index (χ4v) is 3.23. The molecule has 0 saturated carbocycles. The van der Waals surface area contributed by atoms with E-state index in [4.69, 9.17) is 0 Å². The molecule has 1 unspecified atom stereocenters. The summed E-state index contributed by atoms with van der Waals surface area (Å²) in [5.74, 6) is -0.224. The standard InChI is InChI=1S/C18H25N5O3/c1-12-4-5-13(11-15(12)23-10-9-21-18(23)26)22-16(24)6-8-20-17(25)14-3-2-7-19-14/h4-5,11,14,19H,2-3,6-10H2,1H3,(H,20,25)(H,21,26)(H,22,24). The van der Waals surface area contributed by atoms with Crippen molar-refractivity contribution in [3.63, 3.8) is 0 Å². The Morgan fingerprint density at radius 3 is 2.85 bits per heavy atom. The molecule has 0 aliphatic carbocycles. The summed E-state index contributed by atoms with van der Waals surface area (Å²) in [6.07, 6.45) is 2.05. The molecule has 4 amide bonds. The van der Waals surface area contributed by atoms with Crippen LogP contribution in [0.25, 0.3) is 0 Å². The first-order valence-corrected chi connectivity index (χ1v) is 9.01. The Morgan fingerprint density at radius 1 is 1.31 bits per heavy atom. The first kappa shape index (κ1) is 18.2. The Balaban J connectivity index is 1.51. The first-order chi connectivity index (χ1) is 12.5. The van der Waals surface area contributed by atoms with Crippen LogP contribution in [0.5, 0.6) is 0 Å². The number of carbonyl (C=O) groups is 3. The van der Waals surface area contributed by atoms with Crippen LogP contribution in [0.3, 0.4) is 0 Å². The number of carbonyl (C=O) groups excluding carboxylic acids is 3. The minimum Gasteiger partial charge on any atom is -0.354 e. The number of amides is 4. The van der Waals surface area contributed by atoms with Crippen molar-refractivity contribution >= 4 is 29.2 Å². The number of hydrogen-bond acceptors (Lipinski definition) is 4. The van der Waals surface area contributed by atoms with Gasteiger partial charge in [-0.1, -0.05) is 6.07 Å². The Bertz CT molecular complexity index is 700. The second kappa shape index (κ2) is 8.18. The zero-order valence-corrected chi connectivity index (χ0v) is 14.9. The smallest absolute Gasteiger partial charge is 0.322 e. The van der Waals surface area contributed by atoms with Crippen molar-refractivity contribution in [2.75, 3.05) is 36.4 Å². The maximum atomic E-state index is 12.1. The molecule has 8 nitrogen and oxygen atoms in total. The number of hydrogen-bond donors (Lipinski definition) is 4. The van der Waals surface area contributed by atoms with Gasteiger partial charge in [0.15, 0.2) is 0 Å². The third-order valence-corrected chi connectivity index (χ3v) is 4.67. The maximum Gasteiger partial charge on any atom is 0.322 e. The van der Waals surface area contributed by atoms with Crippen LogP contribution in [0.2, 0.25) is 0 Å². The second-order valence-electron chi connectivity index (χ2n) is 6.62. The van der Waals surface area contributed by atoms with Crippen molar-refractivity contribution in [3.8, 4) is 0 Å². The second-order valence-corrected chi connectivity index (χ2v) is 6.62.